The number of rotatable bonds is 8. The number of hydrogen-bond donors (Lipinski definition) is 1. The lowest BCUT2D eigenvalue weighted by Gasteiger charge is -2.26. The van der Waals surface area contributed by atoms with Gasteiger partial charge in [0.05, 0.1) is 6.10 Å². The molecule has 0 saturated heterocycles. The van der Waals surface area contributed by atoms with E-state index in [1.807, 2.05) is 19.9 Å². The predicted molar refractivity (Wildman–Crippen MR) is 78.0 cm³/mol. The van der Waals surface area contributed by atoms with E-state index in [9.17, 15) is 4.39 Å². The summed E-state index contributed by atoms with van der Waals surface area (Å²) in [7, 11) is 0. The van der Waals surface area contributed by atoms with Crippen LogP contribution in [0.25, 0.3) is 0 Å². The Morgan fingerprint density at radius 3 is 2.68 bits per heavy atom. The minimum atomic E-state index is -0.168. The van der Waals surface area contributed by atoms with Gasteiger partial charge in [0.15, 0.2) is 0 Å². The molecule has 19 heavy (non-hydrogen) atoms. The number of aryl methyl sites for hydroxylation is 1. The molecule has 0 aliphatic rings. The van der Waals surface area contributed by atoms with Crippen LogP contribution in [0.15, 0.2) is 18.2 Å². The fourth-order valence-electron chi connectivity index (χ4n) is 2.21. The van der Waals surface area contributed by atoms with Crippen LogP contribution in [0, 0.1) is 12.7 Å². The van der Waals surface area contributed by atoms with Gasteiger partial charge in [-0.1, -0.05) is 13.0 Å². The molecule has 0 saturated carbocycles. The molecule has 0 spiro atoms. The molecule has 0 radical (unpaired) electrons. The normalized spacial score (nSPS) is 14.4. The number of nitrogens with one attached hydrogen (secondary N) is 1. The van der Waals surface area contributed by atoms with E-state index in [2.05, 4.69) is 19.2 Å². The monoisotopic (exact) mass is 267 g/mol. The molecule has 3 heteroatoms. The summed E-state index contributed by atoms with van der Waals surface area (Å²) in [5.74, 6) is -0.168. The fourth-order valence-corrected chi connectivity index (χ4v) is 2.21. The highest BCUT2D eigenvalue weighted by Gasteiger charge is 2.18. The van der Waals surface area contributed by atoms with E-state index in [4.69, 9.17) is 4.74 Å². The third-order valence-corrected chi connectivity index (χ3v) is 3.40. The van der Waals surface area contributed by atoms with Crippen molar-refractivity contribution in [1.29, 1.82) is 0 Å². The van der Waals surface area contributed by atoms with Gasteiger partial charge >= 0.3 is 0 Å². The molecule has 1 rings (SSSR count). The van der Waals surface area contributed by atoms with Crippen molar-refractivity contribution < 1.29 is 9.13 Å². The maximum atomic E-state index is 13.3. The molecule has 2 atom stereocenters. The first-order valence-corrected chi connectivity index (χ1v) is 7.18. The summed E-state index contributed by atoms with van der Waals surface area (Å²) >= 11 is 0. The lowest BCUT2D eigenvalue weighted by atomic mass is 9.98. The quantitative estimate of drug-likeness (QED) is 0.778. The number of benzene rings is 1. The number of hydrogen-bond acceptors (Lipinski definition) is 2. The summed E-state index contributed by atoms with van der Waals surface area (Å²) in [5, 5.41) is 3.50. The van der Waals surface area contributed by atoms with Crippen LogP contribution in [0.3, 0.4) is 0 Å². The Labute approximate surface area is 116 Å². The van der Waals surface area contributed by atoms with Gasteiger partial charge in [-0.05, 0) is 63.4 Å². The first-order chi connectivity index (χ1) is 9.08. The molecule has 1 N–H and O–H groups in total. The van der Waals surface area contributed by atoms with Crippen LogP contribution in [0.4, 0.5) is 4.39 Å². The van der Waals surface area contributed by atoms with Crippen LogP contribution >= 0.6 is 0 Å². The van der Waals surface area contributed by atoms with Gasteiger partial charge in [0.25, 0.3) is 0 Å². The molecular formula is C16H26FNO. The van der Waals surface area contributed by atoms with Crippen LogP contribution < -0.4 is 5.32 Å². The molecule has 2 unspecified atom stereocenters. The summed E-state index contributed by atoms with van der Waals surface area (Å²) in [6, 6.07) is 5.21. The highest BCUT2D eigenvalue weighted by molar-refractivity contribution is 5.27. The van der Waals surface area contributed by atoms with Gasteiger partial charge in [-0.2, -0.15) is 0 Å². The van der Waals surface area contributed by atoms with Crippen LogP contribution in [-0.2, 0) is 11.2 Å². The second kappa shape index (κ2) is 8.28. The van der Waals surface area contributed by atoms with Crippen molar-refractivity contribution in [3.8, 4) is 0 Å². The average Bonchev–Trinajstić information content (AvgIpc) is 2.38. The van der Waals surface area contributed by atoms with Gasteiger partial charge < -0.3 is 10.1 Å². The Morgan fingerprint density at radius 2 is 2.05 bits per heavy atom. The molecule has 1 aromatic carbocycles. The van der Waals surface area contributed by atoms with Crippen molar-refractivity contribution >= 4 is 0 Å². The minimum Gasteiger partial charge on any atom is -0.377 e. The molecule has 0 fully saturated rings. The van der Waals surface area contributed by atoms with Crippen molar-refractivity contribution in [3.63, 3.8) is 0 Å². The van der Waals surface area contributed by atoms with Gasteiger partial charge in [0.1, 0.15) is 5.82 Å². The average molecular weight is 267 g/mol. The van der Waals surface area contributed by atoms with E-state index >= 15 is 0 Å². The largest absolute Gasteiger partial charge is 0.377 e. The van der Waals surface area contributed by atoms with E-state index in [1.165, 1.54) is 6.07 Å². The summed E-state index contributed by atoms with van der Waals surface area (Å²) in [5.41, 5.74) is 2.19. The smallest absolute Gasteiger partial charge is 0.123 e. The Kier molecular flexibility index (Phi) is 7.03. The predicted octanol–water partition coefficient (Wildman–Crippen LogP) is 3.47. The van der Waals surface area contributed by atoms with Crippen LogP contribution in [0.5, 0.6) is 0 Å². The Balaban J connectivity index is 2.77. The third-order valence-electron chi connectivity index (χ3n) is 3.40. The second-order valence-electron chi connectivity index (χ2n) is 5.00. The Hall–Kier alpha value is -0.930. The zero-order valence-corrected chi connectivity index (χ0v) is 12.5. The first-order valence-electron chi connectivity index (χ1n) is 7.18. The Morgan fingerprint density at radius 1 is 1.32 bits per heavy atom. The molecule has 2 nitrogen and oxygen atoms in total. The zero-order valence-electron chi connectivity index (χ0n) is 12.5. The van der Waals surface area contributed by atoms with E-state index < -0.39 is 0 Å². The van der Waals surface area contributed by atoms with Gasteiger partial charge in [-0.3, -0.25) is 0 Å². The van der Waals surface area contributed by atoms with Crippen molar-refractivity contribution in [2.75, 3.05) is 13.2 Å². The van der Waals surface area contributed by atoms with E-state index in [1.54, 1.807) is 6.07 Å². The summed E-state index contributed by atoms with van der Waals surface area (Å²) in [4.78, 5) is 0. The molecule has 0 heterocycles. The third kappa shape index (κ3) is 5.29. The van der Waals surface area contributed by atoms with Crippen molar-refractivity contribution in [3.05, 3.63) is 35.1 Å². The SMILES string of the molecule is CCCNC(Cc1cc(F)ccc1C)C(C)OCC. The fraction of sp³-hybridized carbons (Fsp3) is 0.625. The van der Waals surface area contributed by atoms with Gasteiger partial charge in [-0.15, -0.1) is 0 Å². The van der Waals surface area contributed by atoms with E-state index in [0.29, 0.717) is 6.61 Å². The summed E-state index contributed by atoms with van der Waals surface area (Å²) < 4.78 is 19.0. The topological polar surface area (TPSA) is 21.3 Å². The molecule has 0 aliphatic heterocycles. The van der Waals surface area contributed by atoms with Gasteiger partial charge in [0, 0.05) is 12.6 Å². The van der Waals surface area contributed by atoms with Gasteiger partial charge in [0.2, 0.25) is 0 Å². The Bertz CT molecular complexity index is 381. The maximum Gasteiger partial charge on any atom is 0.123 e. The lowest BCUT2D eigenvalue weighted by molar-refractivity contribution is 0.0476. The standard InChI is InChI=1S/C16H26FNO/c1-5-9-18-16(13(4)19-6-2)11-14-10-15(17)8-7-12(14)3/h7-8,10,13,16,18H,5-6,9,11H2,1-4H3. The summed E-state index contributed by atoms with van der Waals surface area (Å²) in [6.45, 7) is 9.90. The lowest BCUT2D eigenvalue weighted by Crippen LogP contribution is -2.42. The molecule has 1 aromatic rings. The van der Waals surface area contributed by atoms with Crippen LogP contribution in [0.2, 0.25) is 0 Å². The van der Waals surface area contributed by atoms with E-state index in [-0.39, 0.29) is 18.0 Å². The van der Waals surface area contributed by atoms with Crippen LogP contribution in [-0.4, -0.2) is 25.3 Å². The van der Waals surface area contributed by atoms with Gasteiger partial charge in [-0.25, -0.2) is 4.39 Å². The highest BCUT2D eigenvalue weighted by Crippen LogP contribution is 2.15. The maximum absolute atomic E-state index is 13.3. The molecule has 0 aliphatic carbocycles. The zero-order chi connectivity index (χ0) is 14.3. The second-order valence-corrected chi connectivity index (χ2v) is 5.00. The minimum absolute atomic E-state index is 0.124. The highest BCUT2D eigenvalue weighted by atomic mass is 19.1. The molecule has 0 amide bonds. The van der Waals surface area contributed by atoms with Crippen LogP contribution in [0.1, 0.15) is 38.3 Å². The van der Waals surface area contributed by atoms with Crippen molar-refractivity contribution in [2.24, 2.45) is 0 Å². The summed E-state index contributed by atoms with van der Waals surface area (Å²) in [6.07, 6.45) is 2.00. The first kappa shape index (κ1) is 16.1. The molecule has 108 valence electrons. The van der Waals surface area contributed by atoms with E-state index in [0.717, 1.165) is 30.5 Å². The van der Waals surface area contributed by atoms with Crippen molar-refractivity contribution in [2.45, 2.75) is 52.7 Å². The molecular weight excluding hydrogens is 241 g/mol. The molecule has 0 aromatic heterocycles. The molecule has 0 bridgehead atoms. The number of halogens is 1. The number of ether oxygens (including phenoxy) is 1. The van der Waals surface area contributed by atoms with Crippen molar-refractivity contribution in [1.82, 2.24) is 5.32 Å².